The van der Waals surface area contributed by atoms with Gasteiger partial charge in [-0.15, -0.1) is 0 Å². The van der Waals surface area contributed by atoms with Crippen LogP contribution in [0.15, 0.2) is 39.8 Å². The lowest BCUT2D eigenvalue weighted by Gasteiger charge is -2.23. The van der Waals surface area contributed by atoms with Gasteiger partial charge in [0.25, 0.3) is 0 Å². The maximum atomic E-state index is 12.5. The Morgan fingerprint density at radius 1 is 1.18 bits per heavy atom. The van der Waals surface area contributed by atoms with Crippen LogP contribution in [0.4, 0.5) is 0 Å². The summed E-state index contributed by atoms with van der Waals surface area (Å²) < 4.78 is 14.4. The average molecular weight is 490 g/mol. The van der Waals surface area contributed by atoms with Gasteiger partial charge in [-0.3, -0.25) is 9.52 Å². The maximum Gasteiger partial charge on any atom is 0.307 e. The zero-order valence-electron chi connectivity index (χ0n) is 21.6. The van der Waals surface area contributed by atoms with E-state index in [9.17, 15) is 4.79 Å². The van der Waals surface area contributed by atoms with E-state index in [2.05, 4.69) is 14.9 Å². The summed E-state index contributed by atoms with van der Waals surface area (Å²) in [7, 11) is 0. The molecule has 0 amide bonds. The molecule has 0 radical (unpaired) electrons. The quantitative estimate of drug-likeness (QED) is 0.259. The van der Waals surface area contributed by atoms with Crippen molar-refractivity contribution in [3.05, 3.63) is 42.0 Å². The summed E-state index contributed by atoms with van der Waals surface area (Å²) in [6.45, 7) is 10.2. The molecule has 1 saturated carbocycles. The minimum Gasteiger partial charge on any atom is -0.460 e. The number of aromatic nitrogens is 2. The van der Waals surface area contributed by atoms with Crippen LogP contribution in [0, 0.1) is 5.92 Å². The van der Waals surface area contributed by atoms with Crippen LogP contribution in [0.5, 0.6) is 0 Å². The van der Waals surface area contributed by atoms with Crippen molar-refractivity contribution in [1.82, 2.24) is 14.9 Å². The van der Waals surface area contributed by atoms with Gasteiger partial charge in [-0.25, -0.2) is 0 Å². The van der Waals surface area contributed by atoms with E-state index in [4.69, 9.17) is 9.26 Å². The molecule has 1 heterocycles. The Balaban J connectivity index is 0.00000199. The summed E-state index contributed by atoms with van der Waals surface area (Å²) in [5.74, 6) is 1.66. The molecule has 1 aliphatic rings. The number of benzene rings is 1. The summed E-state index contributed by atoms with van der Waals surface area (Å²) in [6.07, 6.45) is 10.2. The van der Waals surface area contributed by atoms with Gasteiger partial charge in [0.2, 0.25) is 5.89 Å². The molecular weight excluding hydrogens is 446 g/mol. The summed E-state index contributed by atoms with van der Waals surface area (Å²) in [4.78, 5) is 18.2. The van der Waals surface area contributed by atoms with Gasteiger partial charge < -0.3 is 9.26 Å². The van der Waals surface area contributed by atoms with Crippen LogP contribution < -0.4 is 4.72 Å². The van der Waals surface area contributed by atoms with Gasteiger partial charge in [0.1, 0.15) is 5.60 Å². The Morgan fingerprint density at radius 2 is 1.88 bits per heavy atom. The van der Waals surface area contributed by atoms with Crippen molar-refractivity contribution in [2.75, 3.05) is 0 Å². The van der Waals surface area contributed by atoms with Crippen molar-refractivity contribution in [1.29, 1.82) is 0 Å². The van der Waals surface area contributed by atoms with Gasteiger partial charge in [0.05, 0.1) is 13.0 Å². The highest BCUT2D eigenvalue weighted by Gasteiger charge is 2.26. The van der Waals surface area contributed by atoms with Gasteiger partial charge in [-0.2, -0.15) is 4.98 Å². The lowest BCUT2D eigenvalue weighted by molar-refractivity contribution is -0.155. The first-order valence-electron chi connectivity index (χ1n) is 12.9. The number of ether oxygens (including phenoxy) is 1. The number of nitrogens with zero attached hydrogens (tertiary/aromatic N) is 2. The number of carbonyl (C=O) groups excluding carboxylic acids is 1. The standard InChI is InChI=1S/C25H37N3O3S.C2H6/c1-25(2,3)30-23(29)17-20(14-10-13-19-11-6-4-7-12-19)24-27-22(28-31-24)18-26-32-21-15-8-5-9-16-21;1-2/h5,8-9,15-16,19-20,26H,4,6-7,10-14,17-18H2,1-3H3;1-2H3/t20-;/m1./s1. The second kappa shape index (κ2) is 15.2. The molecule has 1 fully saturated rings. The largest absolute Gasteiger partial charge is 0.460 e. The molecule has 6 nitrogen and oxygen atoms in total. The third-order valence-corrected chi connectivity index (χ3v) is 6.52. The smallest absolute Gasteiger partial charge is 0.307 e. The zero-order chi connectivity index (χ0) is 24.8. The first-order chi connectivity index (χ1) is 16.4. The van der Waals surface area contributed by atoms with E-state index in [0.717, 1.165) is 23.7 Å². The number of rotatable bonds is 11. The predicted molar refractivity (Wildman–Crippen MR) is 138 cm³/mol. The molecule has 0 unspecified atom stereocenters. The SMILES string of the molecule is CC.CC(C)(C)OC(=O)C[C@@H](CCCC1CCCCC1)c1nc(CNSc2ccccc2)no1. The maximum absolute atomic E-state index is 12.5. The van der Waals surface area contributed by atoms with E-state index in [-0.39, 0.29) is 18.3 Å². The molecule has 7 heteroatoms. The van der Waals surface area contributed by atoms with Crippen molar-refractivity contribution >= 4 is 17.9 Å². The van der Waals surface area contributed by atoms with E-state index in [0.29, 0.717) is 18.3 Å². The number of carbonyl (C=O) groups is 1. The molecule has 1 N–H and O–H groups in total. The normalized spacial score (nSPS) is 15.3. The van der Waals surface area contributed by atoms with Crippen LogP contribution in [0.25, 0.3) is 0 Å². The molecule has 1 atom stereocenters. The molecule has 0 bridgehead atoms. The van der Waals surface area contributed by atoms with Gasteiger partial charge in [0, 0.05) is 10.8 Å². The fraction of sp³-hybridized carbons (Fsp3) is 0.667. The predicted octanol–water partition coefficient (Wildman–Crippen LogP) is 7.46. The third-order valence-electron chi connectivity index (χ3n) is 5.72. The average Bonchev–Trinajstić information content (AvgIpc) is 3.29. The Bertz CT molecular complexity index is 814. The van der Waals surface area contributed by atoms with E-state index in [1.54, 1.807) is 0 Å². The Hall–Kier alpha value is -1.86. The molecule has 3 rings (SSSR count). The first-order valence-corrected chi connectivity index (χ1v) is 13.7. The molecule has 190 valence electrons. The Labute approximate surface area is 210 Å². The monoisotopic (exact) mass is 489 g/mol. The number of hydrogen-bond donors (Lipinski definition) is 1. The summed E-state index contributed by atoms with van der Waals surface area (Å²) >= 11 is 1.53. The lowest BCUT2D eigenvalue weighted by atomic mass is 9.84. The number of esters is 1. The lowest BCUT2D eigenvalue weighted by Crippen LogP contribution is -2.25. The Morgan fingerprint density at radius 3 is 2.56 bits per heavy atom. The molecule has 1 aliphatic carbocycles. The summed E-state index contributed by atoms with van der Waals surface area (Å²) in [6, 6.07) is 10.1. The minimum absolute atomic E-state index is 0.100. The van der Waals surface area contributed by atoms with Crippen LogP contribution in [0.3, 0.4) is 0 Å². The molecule has 34 heavy (non-hydrogen) atoms. The van der Waals surface area contributed by atoms with Gasteiger partial charge >= 0.3 is 5.97 Å². The van der Waals surface area contributed by atoms with Crippen molar-refractivity contribution in [3.63, 3.8) is 0 Å². The van der Waals surface area contributed by atoms with E-state index < -0.39 is 5.60 Å². The van der Waals surface area contributed by atoms with Gasteiger partial charge in [0.15, 0.2) is 5.82 Å². The summed E-state index contributed by atoms with van der Waals surface area (Å²) in [5.41, 5.74) is -0.498. The van der Waals surface area contributed by atoms with Crippen molar-refractivity contribution in [2.45, 2.75) is 115 Å². The molecular formula is C27H43N3O3S. The summed E-state index contributed by atoms with van der Waals surface area (Å²) in [5, 5.41) is 4.13. The third kappa shape index (κ3) is 11.0. The van der Waals surface area contributed by atoms with Crippen LogP contribution in [0.1, 0.15) is 110 Å². The molecule has 0 saturated heterocycles. The topological polar surface area (TPSA) is 77.2 Å². The number of nitrogens with one attached hydrogen (secondary N) is 1. The molecule has 0 spiro atoms. The van der Waals surface area contributed by atoms with E-state index >= 15 is 0 Å². The van der Waals surface area contributed by atoms with Gasteiger partial charge in [-0.1, -0.05) is 82.1 Å². The molecule has 2 aromatic rings. The molecule has 1 aromatic heterocycles. The second-order valence-electron chi connectivity index (χ2n) is 9.71. The highest BCUT2D eigenvalue weighted by Crippen LogP contribution is 2.31. The van der Waals surface area contributed by atoms with Crippen LogP contribution >= 0.6 is 11.9 Å². The van der Waals surface area contributed by atoms with E-state index in [1.165, 1.54) is 50.5 Å². The first kappa shape index (κ1) is 28.4. The Kier molecular flexibility index (Phi) is 12.7. The highest BCUT2D eigenvalue weighted by atomic mass is 32.2. The van der Waals surface area contributed by atoms with Crippen LogP contribution in [-0.4, -0.2) is 21.7 Å². The highest BCUT2D eigenvalue weighted by molar-refractivity contribution is 7.97. The second-order valence-corrected chi connectivity index (χ2v) is 10.7. The van der Waals surface area contributed by atoms with Gasteiger partial charge in [-0.05, 0) is 57.2 Å². The fourth-order valence-corrected chi connectivity index (χ4v) is 4.86. The minimum atomic E-state index is -0.498. The van der Waals surface area contributed by atoms with Crippen molar-refractivity contribution in [3.8, 4) is 0 Å². The van der Waals surface area contributed by atoms with Crippen LogP contribution in [0.2, 0.25) is 0 Å². The van der Waals surface area contributed by atoms with Crippen LogP contribution in [-0.2, 0) is 16.1 Å². The molecule has 1 aromatic carbocycles. The molecule has 0 aliphatic heterocycles. The number of hydrogen-bond acceptors (Lipinski definition) is 7. The fourth-order valence-electron chi connectivity index (χ4n) is 4.20. The van der Waals surface area contributed by atoms with E-state index in [1.807, 2.05) is 65.0 Å². The zero-order valence-corrected chi connectivity index (χ0v) is 22.5. The van der Waals surface area contributed by atoms with Crippen molar-refractivity contribution < 1.29 is 14.1 Å². The van der Waals surface area contributed by atoms with Crippen molar-refractivity contribution in [2.24, 2.45) is 5.92 Å².